The third-order valence-corrected chi connectivity index (χ3v) is 3.22. The first-order chi connectivity index (χ1) is 8.74. The maximum Gasteiger partial charge on any atom is 0.374 e. The molecule has 0 radical (unpaired) electrons. The first kappa shape index (κ1) is 12.7. The minimum atomic E-state index is -0.472. The van der Waals surface area contributed by atoms with E-state index in [1.165, 1.54) is 25.1 Å². The molecule has 0 spiro atoms. The van der Waals surface area contributed by atoms with Crippen molar-refractivity contribution in [1.29, 1.82) is 0 Å². The lowest BCUT2D eigenvalue weighted by Gasteiger charge is -1.98. The molecule has 0 saturated carbocycles. The lowest BCUT2D eigenvalue weighted by molar-refractivity contribution is 0.0564. The Morgan fingerprint density at radius 3 is 3.11 bits per heavy atom. The number of carbonyl (C=O) groups excluding carboxylic acids is 1. The standard InChI is InChI=1S/C11H13N3O3S/c1-3-8-12-11(14-13-8)18-6-7-4-5-17-9(7)10(15)16-2/h4-5H,3,6H2,1-2H3,(H,12,13,14). The fourth-order valence-electron chi connectivity index (χ4n) is 1.36. The Morgan fingerprint density at radius 2 is 2.44 bits per heavy atom. The predicted octanol–water partition coefficient (Wildman–Crippen LogP) is 2.04. The molecule has 7 heteroatoms. The number of carbonyl (C=O) groups is 1. The number of hydrogen-bond acceptors (Lipinski definition) is 6. The molecule has 0 saturated heterocycles. The van der Waals surface area contributed by atoms with E-state index in [0.717, 1.165) is 17.8 Å². The SMILES string of the molecule is CCc1nc(SCc2ccoc2C(=O)OC)n[nH]1. The Balaban J connectivity index is 2.02. The summed E-state index contributed by atoms with van der Waals surface area (Å²) in [4.78, 5) is 15.7. The van der Waals surface area contributed by atoms with Crippen LogP contribution < -0.4 is 0 Å². The van der Waals surface area contributed by atoms with Crippen molar-refractivity contribution < 1.29 is 13.9 Å². The number of rotatable bonds is 5. The zero-order valence-corrected chi connectivity index (χ0v) is 10.9. The lowest BCUT2D eigenvalue weighted by Crippen LogP contribution is -2.02. The molecule has 2 aromatic heterocycles. The predicted molar refractivity (Wildman–Crippen MR) is 65.4 cm³/mol. The van der Waals surface area contributed by atoms with Crippen LogP contribution in [0.3, 0.4) is 0 Å². The third kappa shape index (κ3) is 2.73. The number of hydrogen-bond donors (Lipinski definition) is 1. The summed E-state index contributed by atoms with van der Waals surface area (Å²) in [5, 5.41) is 7.55. The van der Waals surface area contributed by atoms with E-state index >= 15 is 0 Å². The average Bonchev–Trinajstić information content (AvgIpc) is 3.03. The molecule has 0 aliphatic heterocycles. The van der Waals surface area contributed by atoms with Crippen molar-refractivity contribution in [3.63, 3.8) is 0 Å². The van der Waals surface area contributed by atoms with Gasteiger partial charge in [0.1, 0.15) is 5.82 Å². The Hall–Kier alpha value is -1.76. The molecule has 0 atom stereocenters. The number of H-pyrrole nitrogens is 1. The molecule has 2 aromatic rings. The summed E-state index contributed by atoms with van der Waals surface area (Å²) in [6, 6.07) is 1.74. The first-order valence-electron chi connectivity index (χ1n) is 5.43. The van der Waals surface area contributed by atoms with Crippen LogP contribution in [-0.4, -0.2) is 28.3 Å². The Kier molecular flexibility index (Phi) is 4.03. The van der Waals surface area contributed by atoms with Gasteiger partial charge in [-0.05, 0) is 6.07 Å². The number of thioether (sulfide) groups is 1. The van der Waals surface area contributed by atoms with E-state index in [0.29, 0.717) is 10.9 Å². The topological polar surface area (TPSA) is 81.0 Å². The summed E-state index contributed by atoms with van der Waals surface area (Å²) in [5.41, 5.74) is 0.773. The highest BCUT2D eigenvalue weighted by molar-refractivity contribution is 7.98. The van der Waals surface area contributed by atoms with E-state index in [1.807, 2.05) is 6.92 Å². The van der Waals surface area contributed by atoms with Crippen LogP contribution >= 0.6 is 11.8 Å². The van der Waals surface area contributed by atoms with Crippen molar-refractivity contribution in [2.45, 2.75) is 24.3 Å². The van der Waals surface area contributed by atoms with Crippen molar-refractivity contribution in [2.75, 3.05) is 7.11 Å². The number of nitrogens with one attached hydrogen (secondary N) is 1. The van der Waals surface area contributed by atoms with Gasteiger partial charge in [-0.15, -0.1) is 5.10 Å². The molecule has 96 valence electrons. The molecule has 0 aliphatic carbocycles. The molecule has 0 bridgehead atoms. The van der Waals surface area contributed by atoms with E-state index in [-0.39, 0.29) is 5.76 Å². The minimum Gasteiger partial charge on any atom is -0.463 e. The van der Waals surface area contributed by atoms with Gasteiger partial charge in [0.25, 0.3) is 0 Å². The molecule has 1 N–H and O–H groups in total. The quantitative estimate of drug-likeness (QED) is 0.659. The zero-order chi connectivity index (χ0) is 13.0. The summed E-state index contributed by atoms with van der Waals surface area (Å²) in [6.45, 7) is 2.00. The van der Waals surface area contributed by atoms with Crippen LogP contribution in [0.2, 0.25) is 0 Å². The fourth-order valence-corrected chi connectivity index (χ4v) is 2.16. The summed E-state index contributed by atoms with van der Waals surface area (Å²) in [6.07, 6.45) is 2.28. The fraction of sp³-hybridized carbons (Fsp3) is 0.364. The van der Waals surface area contributed by atoms with Gasteiger partial charge in [0, 0.05) is 17.7 Å². The van der Waals surface area contributed by atoms with Crippen LogP contribution in [0, 0.1) is 0 Å². The number of ether oxygens (including phenoxy) is 1. The third-order valence-electron chi connectivity index (χ3n) is 2.32. The number of furan rings is 1. The van der Waals surface area contributed by atoms with Gasteiger partial charge in [0.05, 0.1) is 13.4 Å². The summed E-state index contributed by atoms with van der Waals surface area (Å²) >= 11 is 1.44. The highest BCUT2D eigenvalue weighted by Gasteiger charge is 2.16. The van der Waals surface area contributed by atoms with Gasteiger partial charge in [-0.3, -0.25) is 5.10 Å². The zero-order valence-electron chi connectivity index (χ0n) is 10.1. The lowest BCUT2D eigenvalue weighted by atomic mass is 10.3. The second-order valence-corrected chi connectivity index (χ2v) is 4.42. The average molecular weight is 267 g/mol. The Morgan fingerprint density at radius 1 is 1.61 bits per heavy atom. The van der Waals surface area contributed by atoms with Gasteiger partial charge in [-0.25, -0.2) is 9.78 Å². The van der Waals surface area contributed by atoms with E-state index < -0.39 is 5.97 Å². The van der Waals surface area contributed by atoms with Crippen LogP contribution in [0.15, 0.2) is 21.9 Å². The number of nitrogens with zero attached hydrogens (tertiary/aromatic N) is 2. The normalized spacial score (nSPS) is 10.6. The molecule has 0 fully saturated rings. The van der Waals surface area contributed by atoms with E-state index in [1.54, 1.807) is 6.07 Å². The minimum absolute atomic E-state index is 0.233. The Labute approximate surface area is 108 Å². The molecule has 6 nitrogen and oxygen atoms in total. The molecule has 0 unspecified atom stereocenters. The summed E-state index contributed by atoms with van der Waals surface area (Å²) in [5.74, 6) is 1.16. The van der Waals surface area contributed by atoms with E-state index in [4.69, 9.17) is 4.42 Å². The second kappa shape index (κ2) is 5.72. The highest BCUT2D eigenvalue weighted by Crippen LogP contribution is 2.22. The van der Waals surface area contributed by atoms with E-state index in [9.17, 15) is 4.79 Å². The van der Waals surface area contributed by atoms with Gasteiger partial charge < -0.3 is 9.15 Å². The molecule has 2 heterocycles. The van der Waals surface area contributed by atoms with Gasteiger partial charge >= 0.3 is 5.97 Å². The van der Waals surface area contributed by atoms with Crippen molar-refractivity contribution in [3.05, 3.63) is 29.5 Å². The number of aryl methyl sites for hydroxylation is 1. The maximum atomic E-state index is 11.4. The number of methoxy groups -OCH3 is 1. The molecule has 18 heavy (non-hydrogen) atoms. The number of esters is 1. The largest absolute Gasteiger partial charge is 0.463 e. The van der Waals surface area contributed by atoms with Gasteiger partial charge in [0.15, 0.2) is 0 Å². The van der Waals surface area contributed by atoms with Crippen LogP contribution in [0.25, 0.3) is 0 Å². The molecule has 2 rings (SSSR count). The van der Waals surface area contributed by atoms with Crippen molar-refractivity contribution in [2.24, 2.45) is 0 Å². The van der Waals surface area contributed by atoms with Gasteiger partial charge in [-0.2, -0.15) is 0 Å². The van der Waals surface area contributed by atoms with Crippen molar-refractivity contribution >= 4 is 17.7 Å². The van der Waals surface area contributed by atoms with Crippen LogP contribution in [0.1, 0.15) is 28.9 Å². The highest BCUT2D eigenvalue weighted by atomic mass is 32.2. The van der Waals surface area contributed by atoms with Crippen LogP contribution in [-0.2, 0) is 16.9 Å². The maximum absolute atomic E-state index is 11.4. The molecule has 0 amide bonds. The summed E-state index contributed by atoms with van der Waals surface area (Å²) in [7, 11) is 1.32. The van der Waals surface area contributed by atoms with Crippen LogP contribution in [0.5, 0.6) is 0 Å². The first-order valence-corrected chi connectivity index (χ1v) is 6.42. The van der Waals surface area contributed by atoms with Crippen LogP contribution in [0.4, 0.5) is 0 Å². The van der Waals surface area contributed by atoms with Gasteiger partial charge in [-0.1, -0.05) is 18.7 Å². The van der Waals surface area contributed by atoms with Crippen molar-refractivity contribution in [3.8, 4) is 0 Å². The number of aromatic nitrogens is 3. The van der Waals surface area contributed by atoms with Gasteiger partial charge in [0.2, 0.25) is 10.9 Å². The molecular weight excluding hydrogens is 254 g/mol. The second-order valence-electron chi connectivity index (χ2n) is 3.47. The van der Waals surface area contributed by atoms with Crippen molar-refractivity contribution in [1.82, 2.24) is 15.2 Å². The van der Waals surface area contributed by atoms with E-state index in [2.05, 4.69) is 19.9 Å². The number of aromatic amines is 1. The smallest absolute Gasteiger partial charge is 0.374 e. The monoisotopic (exact) mass is 267 g/mol. The Bertz CT molecular complexity index is 535. The molecule has 0 aromatic carbocycles. The summed E-state index contributed by atoms with van der Waals surface area (Å²) < 4.78 is 9.73. The molecular formula is C11H13N3O3S. The molecule has 0 aliphatic rings.